The molecule has 0 radical (unpaired) electrons. The fourth-order valence-corrected chi connectivity index (χ4v) is 7.73. The Kier molecular flexibility index (Phi) is 8.57. The molecule has 0 bridgehead atoms. The first-order chi connectivity index (χ1) is 21.4. The van der Waals surface area contributed by atoms with E-state index in [1.54, 1.807) is 14.1 Å². The number of sulfonamides is 1. The molecule has 1 saturated heterocycles. The fourth-order valence-electron chi connectivity index (χ4n) is 5.95. The lowest BCUT2D eigenvalue weighted by atomic mass is 9.81. The fraction of sp³-hybridized carbons (Fsp3) is 0.379. The Morgan fingerprint density at radius 1 is 1.00 bits per heavy atom. The second-order valence-corrected chi connectivity index (χ2v) is 12.8. The zero-order valence-corrected chi connectivity index (χ0v) is 26.9. The largest absolute Gasteiger partial charge is 0.497 e. The van der Waals surface area contributed by atoms with Crippen molar-refractivity contribution in [3.63, 3.8) is 0 Å². The highest BCUT2D eigenvalue weighted by Gasteiger charge is 2.64. The van der Waals surface area contributed by atoms with E-state index in [4.69, 9.17) is 30.5 Å². The molecule has 2 amide bonds. The van der Waals surface area contributed by atoms with Gasteiger partial charge in [0.1, 0.15) is 16.4 Å². The third kappa shape index (κ3) is 4.99. The average Bonchev–Trinajstić information content (AvgIpc) is 3.54. The van der Waals surface area contributed by atoms with Gasteiger partial charge in [-0.2, -0.15) is 0 Å². The van der Waals surface area contributed by atoms with Crippen molar-refractivity contribution in [2.45, 2.75) is 29.0 Å². The molecule has 0 spiro atoms. The number of benzene rings is 2. The predicted octanol–water partition coefficient (Wildman–Crippen LogP) is 1.67. The number of hydrogen-bond acceptors (Lipinski definition) is 12. The van der Waals surface area contributed by atoms with Crippen molar-refractivity contribution in [1.82, 2.24) is 20.0 Å². The summed E-state index contributed by atoms with van der Waals surface area (Å²) in [4.78, 5) is 31.4. The van der Waals surface area contributed by atoms with Crippen LogP contribution in [0.25, 0.3) is 0 Å². The molecule has 3 heterocycles. The van der Waals surface area contributed by atoms with Gasteiger partial charge in [0.05, 0.1) is 51.8 Å². The van der Waals surface area contributed by atoms with Crippen molar-refractivity contribution < 1.29 is 42.1 Å². The number of methoxy groups -OCH3 is 4. The van der Waals surface area contributed by atoms with E-state index >= 15 is 4.79 Å². The van der Waals surface area contributed by atoms with E-state index in [9.17, 15) is 18.3 Å². The van der Waals surface area contributed by atoms with E-state index in [1.165, 1.54) is 80.7 Å². The molecule has 2 aliphatic heterocycles. The lowest BCUT2D eigenvalue weighted by Gasteiger charge is -2.41. The van der Waals surface area contributed by atoms with Crippen LogP contribution in [0, 0.1) is 0 Å². The lowest BCUT2D eigenvalue weighted by molar-refractivity contribution is -0.138. The number of aliphatic hydroxyl groups excluding tert-OH is 1. The molecule has 1 N–H and O–H groups in total. The quantitative estimate of drug-likeness (QED) is 0.354. The molecule has 3 atom stereocenters. The van der Waals surface area contributed by atoms with Gasteiger partial charge in [-0.15, -0.1) is 10.2 Å². The molecule has 5 rings (SSSR count). The summed E-state index contributed by atoms with van der Waals surface area (Å²) in [5, 5.41) is 19.2. The summed E-state index contributed by atoms with van der Waals surface area (Å²) in [6.07, 6.45) is -1.10. The number of hydrogen-bond donors (Lipinski definition) is 1. The number of halogens is 1. The molecule has 1 aromatic heterocycles. The van der Waals surface area contributed by atoms with Gasteiger partial charge in [0, 0.05) is 43.4 Å². The first-order valence-electron chi connectivity index (χ1n) is 13.6. The standard InChI is InChI=1S/C29H32ClN5O9S/c1-33(2)27(37)22-12-17(36)15-34(22)29(20-14-25(43-5)31-32-26(20)44-6)19-11-16(30)7-9-21(19)35(28(29)38)45(39,40)24-10-8-18(41-3)13-23(24)42-4/h7-11,13-14,17,22,36H,12,15H2,1-6H3/t17-,22+,29?/m1/s1. The van der Waals surface area contributed by atoms with Crippen LogP contribution in [0.3, 0.4) is 0 Å². The number of amides is 2. The number of likely N-dealkylation sites (tertiary alicyclic amines) is 1. The summed E-state index contributed by atoms with van der Waals surface area (Å²) < 4.78 is 51.4. The van der Waals surface area contributed by atoms with Crippen LogP contribution in [0.15, 0.2) is 47.4 Å². The highest BCUT2D eigenvalue weighted by molar-refractivity contribution is 7.93. The molecule has 2 aliphatic rings. The first kappa shape index (κ1) is 32.2. The van der Waals surface area contributed by atoms with E-state index in [0.29, 0.717) is 10.1 Å². The summed E-state index contributed by atoms with van der Waals surface area (Å²) in [5.74, 6) is -1.33. The normalized spacial score (nSPS) is 21.4. The number of β-amino-alcohol motifs (C(OH)–C–C–N with tert-alkyl or cyclic N) is 1. The van der Waals surface area contributed by atoms with Crippen LogP contribution in [0.5, 0.6) is 23.3 Å². The zero-order chi connectivity index (χ0) is 32.8. The van der Waals surface area contributed by atoms with Gasteiger partial charge >= 0.3 is 0 Å². The molecule has 0 aliphatic carbocycles. The van der Waals surface area contributed by atoms with Crippen molar-refractivity contribution in [2.75, 3.05) is 53.4 Å². The van der Waals surface area contributed by atoms with Gasteiger partial charge in [-0.25, -0.2) is 12.7 Å². The van der Waals surface area contributed by atoms with E-state index < -0.39 is 39.5 Å². The predicted molar refractivity (Wildman–Crippen MR) is 161 cm³/mol. The molecular weight excluding hydrogens is 630 g/mol. The third-order valence-corrected chi connectivity index (χ3v) is 9.89. The molecule has 240 valence electrons. The second kappa shape index (κ2) is 12.0. The topological polar surface area (TPSA) is 161 Å². The van der Waals surface area contributed by atoms with Gasteiger partial charge in [0.15, 0.2) is 5.54 Å². The molecule has 45 heavy (non-hydrogen) atoms. The van der Waals surface area contributed by atoms with Crippen molar-refractivity contribution >= 4 is 39.1 Å². The number of carbonyl (C=O) groups excluding carboxylic acids is 2. The second-order valence-electron chi connectivity index (χ2n) is 10.6. The minimum Gasteiger partial charge on any atom is -0.497 e. The number of nitrogens with zero attached hydrogens (tertiary/aromatic N) is 5. The van der Waals surface area contributed by atoms with Gasteiger partial charge in [-0.05, 0) is 36.8 Å². The Hall–Kier alpha value is -4.18. The number of aliphatic hydroxyl groups is 1. The zero-order valence-electron chi connectivity index (χ0n) is 25.3. The number of ether oxygens (including phenoxy) is 4. The number of aromatic nitrogens is 2. The van der Waals surface area contributed by atoms with Crippen molar-refractivity contribution in [2.24, 2.45) is 0 Å². The summed E-state index contributed by atoms with van der Waals surface area (Å²) in [6, 6.07) is 8.69. The first-order valence-corrected chi connectivity index (χ1v) is 15.4. The Morgan fingerprint density at radius 2 is 1.73 bits per heavy atom. The van der Waals surface area contributed by atoms with Crippen LogP contribution in [0.2, 0.25) is 5.02 Å². The minimum absolute atomic E-state index is 0.0186. The van der Waals surface area contributed by atoms with Gasteiger partial charge in [0.2, 0.25) is 17.7 Å². The molecule has 1 unspecified atom stereocenters. The smallest absolute Gasteiger partial charge is 0.274 e. The highest BCUT2D eigenvalue weighted by Crippen LogP contribution is 2.55. The number of rotatable bonds is 9. The maximum absolute atomic E-state index is 15.3. The SMILES string of the molecule is COc1ccc(S(=O)(=O)N2C(=O)C(c3cc(OC)nnc3OC)(N3C[C@H](O)C[C@H]3C(=O)N(C)C)c3cc(Cl)ccc32)c(OC)c1. The van der Waals surface area contributed by atoms with Gasteiger partial charge < -0.3 is 29.0 Å². The van der Waals surface area contributed by atoms with Crippen molar-refractivity contribution in [3.05, 3.63) is 58.6 Å². The summed E-state index contributed by atoms with van der Waals surface area (Å²) >= 11 is 6.52. The Balaban J connectivity index is 1.89. The molecule has 0 saturated carbocycles. The number of anilines is 1. The highest BCUT2D eigenvalue weighted by atomic mass is 35.5. The molecule has 2 aromatic carbocycles. The average molecular weight is 662 g/mol. The summed E-state index contributed by atoms with van der Waals surface area (Å²) in [7, 11) is 3.73. The van der Waals surface area contributed by atoms with Crippen LogP contribution in [-0.2, 0) is 25.2 Å². The van der Waals surface area contributed by atoms with Crippen LogP contribution in [-0.4, -0.2) is 107 Å². The molecule has 1 fully saturated rings. The van der Waals surface area contributed by atoms with Crippen molar-refractivity contribution in [3.8, 4) is 23.3 Å². The lowest BCUT2D eigenvalue weighted by Crippen LogP contribution is -2.59. The van der Waals surface area contributed by atoms with Crippen LogP contribution in [0.1, 0.15) is 17.5 Å². The monoisotopic (exact) mass is 661 g/mol. The van der Waals surface area contributed by atoms with Crippen LogP contribution in [0.4, 0.5) is 5.69 Å². The van der Waals surface area contributed by atoms with E-state index in [1.807, 2.05) is 0 Å². The van der Waals surface area contributed by atoms with Gasteiger partial charge in [0.25, 0.3) is 15.9 Å². The number of likely N-dealkylation sites (N-methyl/N-ethyl adjacent to an activating group) is 1. The van der Waals surface area contributed by atoms with E-state index in [0.717, 1.165) is 0 Å². The van der Waals surface area contributed by atoms with Crippen LogP contribution >= 0.6 is 11.6 Å². The number of carbonyl (C=O) groups is 2. The van der Waals surface area contributed by atoms with Crippen molar-refractivity contribution in [1.29, 1.82) is 0 Å². The third-order valence-electron chi connectivity index (χ3n) is 7.92. The van der Waals surface area contributed by atoms with Crippen LogP contribution < -0.4 is 23.3 Å². The molecule has 16 heteroatoms. The maximum Gasteiger partial charge on any atom is 0.274 e. The Morgan fingerprint density at radius 3 is 2.36 bits per heavy atom. The minimum atomic E-state index is -4.73. The van der Waals surface area contributed by atoms with E-state index in [2.05, 4.69) is 10.2 Å². The molecular formula is C29H32ClN5O9S. The molecule has 14 nitrogen and oxygen atoms in total. The van der Waals surface area contributed by atoms with Gasteiger partial charge in [-0.1, -0.05) is 11.6 Å². The Bertz CT molecular complexity index is 1770. The number of fused-ring (bicyclic) bond motifs is 1. The maximum atomic E-state index is 15.3. The summed E-state index contributed by atoms with van der Waals surface area (Å²) in [6.45, 7) is -0.199. The Labute approximate surface area is 265 Å². The summed E-state index contributed by atoms with van der Waals surface area (Å²) in [5.41, 5.74) is -2.04. The van der Waals surface area contributed by atoms with Gasteiger partial charge in [-0.3, -0.25) is 14.5 Å². The molecule has 3 aromatic rings. The van der Waals surface area contributed by atoms with E-state index in [-0.39, 0.29) is 57.2 Å².